The first-order valence-corrected chi connectivity index (χ1v) is 39.9. The zero-order valence-corrected chi connectivity index (χ0v) is 65.2. The van der Waals surface area contributed by atoms with Crippen LogP contribution in [0.1, 0.15) is 149 Å². The molecule has 6 aromatic rings. The van der Waals surface area contributed by atoms with Crippen molar-refractivity contribution in [3.8, 4) is 16.9 Å². The minimum atomic E-state index is -1.48. The Morgan fingerprint density at radius 3 is 1.09 bits per heavy atom. The molecule has 1 fully saturated rings. The SMILES string of the molecule is CC(C)C[C@H](NC(=O)[C@H](CCCCN)NC(=O)[C@H](CCCCN)NC(=O)[C@H](Cc1ccc(O)cc1)NC(=O)[C@H](CCCCN)NC(=O)[C@H](CCCCN)NC(=O)[C@@H](Cc1ccccc1)NC(=O)[C@H](Cc1ccccc1)NC(=O)OCC1c2ccccc2-c2ccccc21)C(=O)N[C@H](Cc1ccccc1)C(=O)N1CCC[C@H]1C(=O)O. The van der Waals surface area contributed by atoms with Gasteiger partial charge in [-0.25, -0.2) is 9.59 Å². The molecule has 10 atom stereocenters. The summed E-state index contributed by atoms with van der Waals surface area (Å²) in [5.74, 6) is -8.53. The van der Waals surface area contributed by atoms with Gasteiger partial charge in [0.15, 0.2) is 0 Å². The van der Waals surface area contributed by atoms with E-state index in [0.29, 0.717) is 80.0 Å². The number of nitrogens with two attached hydrogens (primary N) is 4. The van der Waals surface area contributed by atoms with E-state index < -0.39 is 126 Å². The summed E-state index contributed by atoms with van der Waals surface area (Å²) < 4.78 is 5.92. The molecule has 0 aromatic heterocycles. The summed E-state index contributed by atoms with van der Waals surface area (Å²) in [5.41, 5.74) is 30.4. The van der Waals surface area contributed by atoms with Crippen LogP contribution in [0.4, 0.5) is 4.79 Å². The van der Waals surface area contributed by atoms with Crippen molar-refractivity contribution in [3.63, 3.8) is 0 Å². The minimum absolute atomic E-state index is 0.00186. The van der Waals surface area contributed by atoms with Crippen molar-refractivity contribution >= 4 is 65.2 Å². The lowest BCUT2D eigenvalue weighted by molar-refractivity contribution is -0.149. The van der Waals surface area contributed by atoms with Gasteiger partial charge in [0.25, 0.3) is 0 Å². The van der Waals surface area contributed by atoms with E-state index in [1.807, 2.05) is 68.4 Å². The zero-order valence-electron chi connectivity index (χ0n) is 65.2. The number of hydrogen-bond donors (Lipinski definition) is 15. The van der Waals surface area contributed by atoms with Crippen LogP contribution in [0, 0.1) is 5.92 Å². The first-order valence-electron chi connectivity index (χ1n) is 39.9. The van der Waals surface area contributed by atoms with Gasteiger partial charge in [-0.1, -0.05) is 166 Å². The number of aromatic hydroxyl groups is 1. The topological polar surface area (TPSA) is 453 Å². The van der Waals surface area contributed by atoms with Crippen molar-refractivity contribution in [2.75, 3.05) is 39.3 Å². The summed E-state index contributed by atoms with van der Waals surface area (Å²) in [7, 11) is 0. The lowest BCUT2D eigenvalue weighted by atomic mass is 9.98. The van der Waals surface area contributed by atoms with Crippen LogP contribution in [0.25, 0.3) is 11.1 Å². The summed E-state index contributed by atoms with van der Waals surface area (Å²) in [6.07, 6.45) is 2.72. The third kappa shape index (κ3) is 27.4. The molecule has 6 aromatic carbocycles. The first-order chi connectivity index (χ1) is 55.1. The van der Waals surface area contributed by atoms with Crippen molar-refractivity contribution in [1.82, 2.24) is 52.8 Å². The van der Waals surface area contributed by atoms with Gasteiger partial charge in [0.2, 0.25) is 53.2 Å². The summed E-state index contributed by atoms with van der Waals surface area (Å²) >= 11 is 0. The number of carbonyl (C=O) groups is 11. The lowest BCUT2D eigenvalue weighted by Gasteiger charge is -2.30. The molecule has 1 heterocycles. The number of nitrogens with one attached hydrogen (secondary N) is 9. The van der Waals surface area contributed by atoms with Crippen LogP contribution < -0.4 is 70.8 Å². The summed E-state index contributed by atoms with van der Waals surface area (Å²) in [5, 5.41) is 45.9. The maximum Gasteiger partial charge on any atom is 0.407 e. The van der Waals surface area contributed by atoms with E-state index >= 15 is 19.2 Å². The number of likely N-dealkylation sites (tertiary alicyclic amines) is 1. The second kappa shape index (κ2) is 46.2. The van der Waals surface area contributed by atoms with Crippen molar-refractivity contribution in [2.24, 2.45) is 28.9 Å². The van der Waals surface area contributed by atoms with Gasteiger partial charge in [0.05, 0.1) is 0 Å². The number of phenolic OH excluding ortho intramolecular Hbond substituents is 1. The highest BCUT2D eigenvalue weighted by molar-refractivity contribution is 5.99. The third-order valence-corrected chi connectivity index (χ3v) is 20.5. The average Bonchev–Trinajstić information content (AvgIpc) is 1.61. The summed E-state index contributed by atoms with van der Waals surface area (Å²) in [6, 6.07) is 35.4. The summed E-state index contributed by atoms with van der Waals surface area (Å²) in [6.45, 7) is 4.75. The standard InChI is InChI=1S/C86H114N14O14/c1-55(2)49-70(80(106)98-74(53-58-29-10-5-11-30-58)84(110)100-48-24-39-75(100)85(111)112)95-78(104)68(37-18-22-46-89)91-76(102)67(36-17-21-45-88)94-82(108)72(52-59-40-42-60(101)43-41-59)96-79(105)69(38-19-23-47-90)92-77(103)66(35-16-20-44-87)93-81(107)71(50-56-25-6-3-7-26-56)97-83(109)73(51-57-27-8-4-9-28-57)99-86(113)114-54-65-63-33-14-12-31-61(63)62-32-13-15-34-64(62)65/h3-15,25-34,40-43,55,65-75,101H,16-24,35-39,44-54,87-90H2,1-2H3,(H,91,102)(H,92,103)(H,93,107)(H,94,108)(H,95,104)(H,96,105)(H,97,109)(H,98,106)(H,99,113)(H,111,112)/t66-,67-,68-,69-,70-,71+,72-,73-,74+,75-/m0/s1. The number of hydrogen-bond acceptors (Lipinski definition) is 17. The highest BCUT2D eigenvalue weighted by Gasteiger charge is 2.41. The Bertz CT molecular complexity index is 4080. The Labute approximate surface area is 666 Å². The van der Waals surface area contributed by atoms with Crippen LogP contribution in [-0.2, 0) is 78.4 Å². The normalized spacial score (nSPS) is 15.3. The van der Waals surface area contributed by atoms with Crippen LogP contribution in [0.2, 0.25) is 0 Å². The predicted molar refractivity (Wildman–Crippen MR) is 433 cm³/mol. The highest BCUT2D eigenvalue weighted by Crippen LogP contribution is 2.44. The van der Waals surface area contributed by atoms with E-state index in [-0.39, 0.29) is 121 Å². The van der Waals surface area contributed by atoms with Gasteiger partial charge in [-0.05, 0) is 185 Å². The maximum atomic E-state index is 15.1. The Hall–Kier alpha value is -11.1. The van der Waals surface area contributed by atoms with E-state index in [1.54, 1.807) is 97.1 Å². The Kier molecular flexibility index (Phi) is 35.9. The molecule has 1 aliphatic heterocycles. The number of carboxylic acid groups (broad SMARTS) is 1. The van der Waals surface area contributed by atoms with Crippen LogP contribution in [0.15, 0.2) is 164 Å². The Morgan fingerprint density at radius 1 is 0.395 bits per heavy atom. The molecule has 8 rings (SSSR count). The Morgan fingerprint density at radius 2 is 0.711 bits per heavy atom. The number of ether oxygens (including phenoxy) is 1. The van der Waals surface area contributed by atoms with Crippen LogP contribution >= 0.6 is 0 Å². The first kappa shape index (κ1) is 88.5. The minimum Gasteiger partial charge on any atom is -0.508 e. The second-order valence-corrected chi connectivity index (χ2v) is 29.7. The molecule has 1 saturated heterocycles. The molecule has 114 heavy (non-hydrogen) atoms. The highest BCUT2D eigenvalue weighted by atomic mass is 16.5. The van der Waals surface area contributed by atoms with Crippen molar-refractivity contribution in [1.29, 1.82) is 0 Å². The molecule has 0 bridgehead atoms. The number of rotatable bonds is 47. The van der Waals surface area contributed by atoms with Crippen LogP contribution in [0.3, 0.4) is 0 Å². The van der Waals surface area contributed by atoms with E-state index in [2.05, 4.69) is 47.9 Å². The maximum absolute atomic E-state index is 15.1. The number of unbranched alkanes of at least 4 members (excludes halogenated alkanes) is 4. The fourth-order valence-corrected chi connectivity index (χ4v) is 14.4. The van der Waals surface area contributed by atoms with E-state index in [9.17, 15) is 43.8 Å². The molecule has 0 radical (unpaired) electrons. The number of fused-ring (bicyclic) bond motifs is 3. The quantitative estimate of drug-likeness (QED) is 0.0221. The van der Waals surface area contributed by atoms with E-state index in [1.165, 1.54) is 17.0 Å². The van der Waals surface area contributed by atoms with Gasteiger partial charge in [0.1, 0.15) is 72.8 Å². The van der Waals surface area contributed by atoms with Crippen molar-refractivity contribution in [2.45, 2.75) is 202 Å². The van der Waals surface area contributed by atoms with E-state index in [0.717, 1.165) is 22.3 Å². The van der Waals surface area contributed by atoms with Crippen molar-refractivity contribution in [3.05, 3.63) is 197 Å². The predicted octanol–water partition coefficient (Wildman–Crippen LogP) is 5.09. The van der Waals surface area contributed by atoms with Gasteiger partial charge in [0, 0.05) is 38.1 Å². The molecule has 0 unspecified atom stereocenters. The smallest absolute Gasteiger partial charge is 0.407 e. The second-order valence-electron chi connectivity index (χ2n) is 29.7. The number of aliphatic carboxylic acids is 1. The van der Waals surface area contributed by atoms with Gasteiger partial charge in [-0.3, -0.25) is 43.2 Å². The van der Waals surface area contributed by atoms with E-state index in [4.69, 9.17) is 27.7 Å². The molecule has 612 valence electrons. The van der Waals surface area contributed by atoms with Crippen molar-refractivity contribution < 1.29 is 67.7 Å². The monoisotopic (exact) mass is 1570 g/mol. The van der Waals surface area contributed by atoms with Gasteiger partial charge in [-0.2, -0.15) is 0 Å². The fourth-order valence-electron chi connectivity index (χ4n) is 14.4. The molecular formula is C86H114N14O14. The molecule has 0 spiro atoms. The Balaban J connectivity index is 1.01. The average molecular weight is 1570 g/mol. The molecule has 0 saturated carbocycles. The van der Waals surface area contributed by atoms with Gasteiger partial charge in [-0.15, -0.1) is 0 Å². The number of nitrogens with zero attached hydrogens (tertiary/aromatic N) is 1. The number of alkyl carbamates (subject to hydrolysis) is 1. The third-order valence-electron chi connectivity index (χ3n) is 20.5. The van der Waals surface area contributed by atoms with Gasteiger partial charge < -0.3 is 90.6 Å². The van der Waals surface area contributed by atoms with Crippen LogP contribution in [-0.4, -0.2) is 180 Å². The number of phenols is 1. The van der Waals surface area contributed by atoms with Gasteiger partial charge >= 0.3 is 12.1 Å². The zero-order chi connectivity index (χ0) is 81.9. The molecule has 2 aliphatic rings. The summed E-state index contributed by atoms with van der Waals surface area (Å²) in [4.78, 5) is 161. The largest absolute Gasteiger partial charge is 0.508 e. The number of carbonyl (C=O) groups excluding carboxylic acids is 10. The molecule has 28 nitrogen and oxygen atoms in total. The number of benzene rings is 6. The molecule has 28 heteroatoms. The number of amides is 10. The molecular weight excluding hydrogens is 1450 g/mol. The molecule has 10 amide bonds. The molecule has 1 aliphatic carbocycles. The molecule has 19 N–H and O–H groups in total. The van der Waals surface area contributed by atoms with Crippen LogP contribution in [0.5, 0.6) is 5.75 Å². The number of carboxylic acids is 1. The lowest BCUT2D eigenvalue weighted by Crippen LogP contribution is -2.61. The fraction of sp³-hybridized carbons (Fsp3) is 0.453.